The quantitative estimate of drug-likeness (QED) is 0.766. The summed E-state index contributed by atoms with van der Waals surface area (Å²) in [5.74, 6) is 1.76. The molecule has 0 spiro atoms. The average molecular weight is 221 g/mol. The summed E-state index contributed by atoms with van der Waals surface area (Å²) in [5.41, 5.74) is 3.96. The van der Waals surface area contributed by atoms with Crippen molar-refractivity contribution in [1.82, 2.24) is 10.4 Å². The first-order valence-corrected chi connectivity index (χ1v) is 5.86. The van der Waals surface area contributed by atoms with Gasteiger partial charge in [0.2, 0.25) is 0 Å². The van der Waals surface area contributed by atoms with Crippen molar-refractivity contribution >= 4 is 23.4 Å². The van der Waals surface area contributed by atoms with Crippen molar-refractivity contribution in [2.24, 2.45) is 5.10 Å². The van der Waals surface area contributed by atoms with E-state index in [1.54, 1.807) is 24.4 Å². The van der Waals surface area contributed by atoms with Gasteiger partial charge >= 0.3 is 0 Å². The zero-order valence-corrected chi connectivity index (χ0v) is 8.96. The second-order valence-electron chi connectivity index (χ2n) is 3.14. The van der Waals surface area contributed by atoms with E-state index in [1.807, 2.05) is 11.8 Å². The Morgan fingerprint density at radius 1 is 1.53 bits per heavy atom. The number of hydrogen-bond acceptors (Lipinski definition) is 4. The molecule has 2 rings (SSSR count). The van der Waals surface area contributed by atoms with Crippen LogP contribution in [0.2, 0.25) is 0 Å². The van der Waals surface area contributed by atoms with Crippen LogP contribution in [0.1, 0.15) is 16.9 Å². The lowest BCUT2D eigenvalue weighted by atomic mass is 10.3. The van der Waals surface area contributed by atoms with Crippen LogP contribution in [0.5, 0.6) is 0 Å². The summed E-state index contributed by atoms with van der Waals surface area (Å²) in [6.07, 6.45) is 2.56. The van der Waals surface area contributed by atoms with Crippen LogP contribution in [0.3, 0.4) is 0 Å². The van der Waals surface area contributed by atoms with E-state index in [2.05, 4.69) is 15.5 Å². The monoisotopic (exact) mass is 221 g/mol. The molecule has 1 N–H and O–H groups in total. The normalized spacial score (nSPS) is 18.0. The highest BCUT2D eigenvalue weighted by molar-refractivity contribution is 8.00. The summed E-state index contributed by atoms with van der Waals surface area (Å²) >= 11 is 1.83. The lowest BCUT2D eigenvalue weighted by Gasteiger charge is -1.99. The number of carbonyl (C=O) groups excluding carboxylic acids is 1. The molecule has 0 atom stereocenters. The lowest BCUT2D eigenvalue weighted by molar-refractivity contribution is 0.0950. The van der Waals surface area contributed by atoms with Crippen molar-refractivity contribution in [3.8, 4) is 0 Å². The van der Waals surface area contributed by atoms with Crippen LogP contribution >= 0.6 is 11.8 Å². The minimum Gasteiger partial charge on any atom is -0.266 e. The number of pyridine rings is 1. The predicted molar refractivity (Wildman–Crippen MR) is 61.1 cm³/mol. The fourth-order valence-electron chi connectivity index (χ4n) is 1.22. The van der Waals surface area contributed by atoms with Crippen molar-refractivity contribution < 1.29 is 4.79 Å². The first kappa shape index (κ1) is 10.2. The third-order valence-corrected chi connectivity index (χ3v) is 3.05. The summed E-state index contributed by atoms with van der Waals surface area (Å²) in [7, 11) is 0. The Kier molecular flexibility index (Phi) is 3.34. The number of rotatable bonds is 2. The van der Waals surface area contributed by atoms with Crippen molar-refractivity contribution in [2.45, 2.75) is 6.42 Å². The highest BCUT2D eigenvalue weighted by Gasteiger charge is 2.10. The number of nitrogens with zero attached hydrogens (tertiary/aromatic N) is 2. The van der Waals surface area contributed by atoms with E-state index in [0.717, 1.165) is 23.6 Å². The van der Waals surface area contributed by atoms with Crippen LogP contribution in [0.15, 0.2) is 29.5 Å². The van der Waals surface area contributed by atoms with Crippen LogP contribution in [0.4, 0.5) is 0 Å². The fraction of sp³-hybridized carbons (Fsp3) is 0.300. The number of carbonyl (C=O) groups is 1. The van der Waals surface area contributed by atoms with Gasteiger partial charge in [0, 0.05) is 17.7 Å². The molecule has 0 unspecified atom stereocenters. The largest absolute Gasteiger partial charge is 0.289 e. The Bertz CT molecular complexity index is 370. The minimum atomic E-state index is -0.250. The molecule has 1 amide bonds. The molecule has 0 aromatic carbocycles. The van der Waals surface area contributed by atoms with Crippen LogP contribution in [0.25, 0.3) is 0 Å². The van der Waals surface area contributed by atoms with Crippen molar-refractivity contribution in [2.75, 3.05) is 11.5 Å². The Hall–Kier alpha value is -1.36. The molecule has 1 aliphatic heterocycles. The average Bonchev–Trinajstić information content (AvgIpc) is 2.80. The number of hydrogen-bond donors (Lipinski definition) is 1. The molecule has 1 fully saturated rings. The summed E-state index contributed by atoms with van der Waals surface area (Å²) < 4.78 is 0. The number of nitrogens with one attached hydrogen (secondary N) is 1. The summed E-state index contributed by atoms with van der Waals surface area (Å²) in [5, 5.41) is 4.06. The molecule has 0 aliphatic carbocycles. The summed E-state index contributed by atoms with van der Waals surface area (Å²) in [6, 6.07) is 5.22. The van der Waals surface area contributed by atoms with Gasteiger partial charge in [-0.3, -0.25) is 9.78 Å². The van der Waals surface area contributed by atoms with Crippen LogP contribution in [-0.2, 0) is 0 Å². The van der Waals surface area contributed by atoms with E-state index in [1.165, 1.54) is 0 Å². The minimum absolute atomic E-state index is 0.250. The number of hydrazone groups is 1. The third kappa shape index (κ3) is 2.79. The van der Waals surface area contributed by atoms with Crippen LogP contribution in [-0.4, -0.2) is 28.1 Å². The van der Waals surface area contributed by atoms with Crippen LogP contribution < -0.4 is 5.43 Å². The molecule has 0 radical (unpaired) electrons. The van der Waals surface area contributed by atoms with Crippen molar-refractivity contribution in [1.29, 1.82) is 0 Å². The van der Waals surface area contributed by atoms with Gasteiger partial charge < -0.3 is 0 Å². The molecule has 2 heterocycles. The molecular weight excluding hydrogens is 210 g/mol. The zero-order valence-electron chi connectivity index (χ0n) is 8.14. The van der Waals surface area contributed by atoms with E-state index in [0.29, 0.717) is 5.69 Å². The summed E-state index contributed by atoms with van der Waals surface area (Å²) in [6.45, 7) is 0. The van der Waals surface area contributed by atoms with E-state index in [9.17, 15) is 4.79 Å². The first-order valence-electron chi connectivity index (χ1n) is 4.71. The molecule has 4 nitrogen and oxygen atoms in total. The Labute approximate surface area is 92.2 Å². The van der Waals surface area contributed by atoms with Gasteiger partial charge in [0.05, 0.1) is 0 Å². The molecule has 78 valence electrons. The van der Waals surface area contributed by atoms with Gasteiger partial charge in [0.1, 0.15) is 5.69 Å². The standard InChI is InChI=1S/C10H11N3OS/c14-10(9-3-1-2-5-11-9)13-12-8-4-6-15-7-8/h1-3,5H,4,6-7H2,(H,13,14)/b12-8+. The number of amides is 1. The van der Waals surface area contributed by atoms with E-state index in [4.69, 9.17) is 0 Å². The first-order chi connectivity index (χ1) is 7.36. The Balaban J connectivity index is 1.95. The number of thioether (sulfide) groups is 1. The smallest absolute Gasteiger partial charge is 0.266 e. The predicted octanol–water partition coefficient (Wildman–Crippen LogP) is 1.30. The summed E-state index contributed by atoms with van der Waals surface area (Å²) in [4.78, 5) is 15.5. The Morgan fingerprint density at radius 3 is 3.13 bits per heavy atom. The Morgan fingerprint density at radius 2 is 2.47 bits per heavy atom. The van der Waals surface area contributed by atoms with Gasteiger partial charge in [-0.1, -0.05) is 6.07 Å². The molecule has 1 aromatic rings. The van der Waals surface area contributed by atoms with Crippen LogP contribution in [0, 0.1) is 0 Å². The van der Waals surface area contributed by atoms with Gasteiger partial charge in [-0.25, -0.2) is 5.43 Å². The fourth-order valence-corrected chi connectivity index (χ4v) is 2.19. The van der Waals surface area contributed by atoms with Gasteiger partial charge in [-0.05, 0) is 24.3 Å². The molecule has 0 bridgehead atoms. The second kappa shape index (κ2) is 4.93. The zero-order chi connectivity index (χ0) is 10.5. The van der Waals surface area contributed by atoms with E-state index < -0.39 is 0 Å². The number of aromatic nitrogens is 1. The SMILES string of the molecule is O=C(N/N=C1\CCSC1)c1ccccn1. The topological polar surface area (TPSA) is 54.4 Å². The van der Waals surface area contributed by atoms with Gasteiger partial charge in [-0.15, -0.1) is 0 Å². The highest BCUT2D eigenvalue weighted by atomic mass is 32.2. The van der Waals surface area contributed by atoms with Gasteiger partial charge in [0.25, 0.3) is 5.91 Å². The maximum absolute atomic E-state index is 11.5. The molecule has 1 aromatic heterocycles. The third-order valence-electron chi connectivity index (χ3n) is 2.02. The molecule has 1 aliphatic rings. The molecule has 15 heavy (non-hydrogen) atoms. The maximum atomic E-state index is 11.5. The van der Waals surface area contributed by atoms with Gasteiger partial charge in [-0.2, -0.15) is 16.9 Å². The molecular formula is C10H11N3OS. The molecule has 0 saturated carbocycles. The maximum Gasteiger partial charge on any atom is 0.289 e. The van der Waals surface area contributed by atoms with Gasteiger partial charge in [0.15, 0.2) is 0 Å². The lowest BCUT2D eigenvalue weighted by Crippen LogP contribution is -2.20. The van der Waals surface area contributed by atoms with Crippen molar-refractivity contribution in [3.05, 3.63) is 30.1 Å². The molecule has 1 saturated heterocycles. The second-order valence-corrected chi connectivity index (χ2v) is 4.24. The molecule has 5 heteroatoms. The van der Waals surface area contributed by atoms with E-state index >= 15 is 0 Å². The van der Waals surface area contributed by atoms with Crippen molar-refractivity contribution in [3.63, 3.8) is 0 Å². The highest BCUT2D eigenvalue weighted by Crippen LogP contribution is 2.13. The van der Waals surface area contributed by atoms with E-state index in [-0.39, 0.29) is 5.91 Å².